The zero-order valence-electron chi connectivity index (χ0n) is 9.07. The van der Waals surface area contributed by atoms with Gasteiger partial charge in [0.1, 0.15) is 5.54 Å². The van der Waals surface area contributed by atoms with Crippen LogP contribution in [-0.4, -0.2) is 40.2 Å². The highest BCUT2D eigenvalue weighted by Gasteiger charge is 2.35. The summed E-state index contributed by atoms with van der Waals surface area (Å²) in [6, 6.07) is 1.97. The highest BCUT2D eigenvalue weighted by Crippen LogP contribution is 2.15. The Kier molecular flexibility index (Phi) is 5.02. The fourth-order valence-corrected chi connectivity index (χ4v) is 1.37. The van der Waals surface area contributed by atoms with Gasteiger partial charge in [0.2, 0.25) is 0 Å². The molecule has 0 rings (SSSR count). The molecule has 0 saturated heterocycles. The molecule has 0 radical (unpaired) electrons. The number of hydrogen-bond donors (Lipinski definition) is 2. The average Bonchev–Trinajstić information content (AvgIpc) is 2.17. The summed E-state index contributed by atoms with van der Waals surface area (Å²) in [5, 5.41) is 20.6. The molecule has 0 atom stereocenters. The molecule has 0 aromatic rings. The first-order chi connectivity index (χ1) is 6.87. The molecule has 2 N–H and O–H groups in total. The number of thiocarbonyl (C=S) groups is 1. The van der Waals surface area contributed by atoms with Crippen molar-refractivity contribution in [3.63, 3.8) is 0 Å². The van der Waals surface area contributed by atoms with Gasteiger partial charge < -0.3 is 15.3 Å². The van der Waals surface area contributed by atoms with E-state index in [0.29, 0.717) is 11.7 Å². The molecule has 0 spiro atoms. The quantitative estimate of drug-likeness (QED) is 0.686. The molecule has 0 aliphatic carbocycles. The largest absolute Gasteiger partial charge is 0.480 e. The Hall–Kier alpha value is -1.35. The van der Waals surface area contributed by atoms with Crippen LogP contribution in [0.3, 0.4) is 0 Å². The Morgan fingerprint density at radius 2 is 2.20 bits per heavy atom. The standard InChI is InChI=1S/C9H15N3O2S/c1-9(2,7(13)14)12(6-4-5-10)8(15)11-3/h4,6H2,1-3H3,(H,11,15)(H,13,14). The van der Waals surface area contributed by atoms with E-state index >= 15 is 0 Å². The molecular weight excluding hydrogens is 214 g/mol. The number of nitriles is 1. The van der Waals surface area contributed by atoms with Crippen LogP contribution in [-0.2, 0) is 4.79 Å². The van der Waals surface area contributed by atoms with Crippen molar-refractivity contribution in [1.82, 2.24) is 10.2 Å². The van der Waals surface area contributed by atoms with Gasteiger partial charge in [-0.3, -0.25) is 0 Å². The normalized spacial score (nSPS) is 10.3. The summed E-state index contributed by atoms with van der Waals surface area (Å²) < 4.78 is 0. The van der Waals surface area contributed by atoms with Gasteiger partial charge in [-0.1, -0.05) is 0 Å². The van der Waals surface area contributed by atoms with Crippen molar-refractivity contribution in [2.75, 3.05) is 13.6 Å². The van der Waals surface area contributed by atoms with E-state index in [0.717, 1.165) is 0 Å². The average molecular weight is 229 g/mol. The lowest BCUT2D eigenvalue weighted by atomic mass is 10.0. The fraction of sp³-hybridized carbons (Fsp3) is 0.667. The van der Waals surface area contributed by atoms with Gasteiger partial charge in [-0.2, -0.15) is 5.26 Å². The summed E-state index contributed by atoms with van der Waals surface area (Å²) in [6.07, 6.45) is 0.235. The number of carboxylic acids is 1. The fourth-order valence-electron chi connectivity index (χ4n) is 1.05. The van der Waals surface area contributed by atoms with Crippen molar-refractivity contribution in [3.8, 4) is 6.07 Å². The van der Waals surface area contributed by atoms with Crippen molar-refractivity contribution >= 4 is 23.3 Å². The molecule has 0 amide bonds. The maximum absolute atomic E-state index is 11.0. The van der Waals surface area contributed by atoms with Gasteiger partial charge in [0.15, 0.2) is 5.11 Å². The summed E-state index contributed by atoms with van der Waals surface area (Å²) >= 11 is 5.00. The third-order valence-electron chi connectivity index (χ3n) is 2.10. The first-order valence-electron chi connectivity index (χ1n) is 4.47. The molecule has 0 heterocycles. The van der Waals surface area contributed by atoms with E-state index in [1.807, 2.05) is 6.07 Å². The second-order valence-corrected chi connectivity index (χ2v) is 3.87. The molecule has 0 aliphatic rings. The first kappa shape index (κ1) is 13.7. The van der Waals surface area contributed by atoms with Crippen LogP contribution in [0.5, 0.6) is 0 Å². The molecule has 0 bridgehead atoms. The number of aliphatic carboxylic acids is 1. The third-order valence-corrected chi connectivity index (χ3v) is 2.53. The maximum atomic E-state index is 11.0. The molecule has 0 aliphatic heterocycles. The Bertz CT molecular complexity index is 296. The van der Waals surface area contributed by atoms with Gasteiger partial charge in [-0.25, -0.2) is 4.79 Å². The number of nitrogens with zero attached hydrogens (tertiary/aromatic N) is 2. The van der Waals surface area contributed by atoms with E-state index in [1.54, 1.807) is 20.9 Å². The molecule has 15 heavy (non-hydrogen) atoms. The van der Waals surface area contributed by atoms with E-state index in [2.05, 4.69) is 5.32 Å². The number of carbonyl (C=O) groups is 1. The molecule has 84 valence electrons. The molecule has 0 aromatic heterocycles. The van der Waals surface area contributed by atoms with Crippen LogP contribution in [0.2, 0.25) is 0 Å². The van der Waals surface area contributed by atoms with Gasteiger partial charge in [0, 0.05) is 13.6 Å². The molecule has 5 nitrogen and oxygen atoms in total. The van der Waals surface area contributed by atoms with Gasteiger partial charge in [0.05, 0.1) is 12.5 Å². The Morgan fingerprint density at radius 1 is 1.67 bits per heavy atom. The number of carboxylic acid groups (broad SMARTS) is 1. The second-order valence-electron chi connectivity index (χ2n) is 3.48. The Morgan fingerprint density at radius 3 is 2.53 bits per heavy atom. The third kappa shape index (κ3) is 3.36. The van der Waals surface area contributed by atoms with Crippen LogP contribution in [0.4, 0.5) is 0 Å². The topological polar surface area (TPSA) is 76.4 Å². The van der Waals surface area contributed by atoms with Crippen LogP contribution in [0.1, 0.15) is 20.3 Å². The lowest BCUT2D eigenvalue weighted by molar-refractivity contribution is -0.146. The van der Waals surface area contributed by atoms with Crippen molar-refractivity contribution in [3.05, 3.63) is 0 Å². The number of hydrogen-bond acceptors (Lipinski definition) is 3. The molecule has 0 unspecified atom stereocenters. The van der Waals surface area contributed by atoms with Crippen LogP contribution in [0, 0.1) is 11.3 Å². The maximum Gasteiger partial charge on any atom is 0.329 e. The van der Waals surface area contributed by atoms with Crippen molar-refractivity contribution in [2.24, 2.45) is 0 Å². The second kappa shape index (κ2) is 5.51. The Balaban J connectivity index is 4.85. The highest BCUT2D eigenvalue weighted by molar-refractivity contribution is 7.80. The lowest BCUT2D eigenvalue weighted by Crippen LogP contribution is -2.55. The molecular formula is C9H15N3O2S. The zero-order valence-corrected chi connectivity index (χ0v) is 9.89. The first-order valence-corrected chi connectivity index (χ1v) is 4.88. The van der Waals surface area contributed by atoms with Crippen molar-refractivity contribution in [2.45, 2.75) is 25.8 Å². The summed E-state index contributed by atoms with van der Waals surface area (Å²) in [7, 11) is 1.62. The number of rotatable bonds is 4. The summed E-state index contributed by atoms with van der Waals surface area (Å²) in [4.78, 5) is 12.5. The smallest absolute Gasteiger partial charge is 0.329 e. The van der Waals surface area contributed by atoms with E-state index in [4.69, 9.17) is 22.6 Å². The van der Waals surface area contributed by atoms with Crippen LogP contribution in [0.25, 0.3) is 0 Å². The van der Waals surface area contributed by atoms with Crippen molar-refractivity contribution in [1.29, 1.82) is 5.26 Å². The van der Waals surface area contributed by atoms with E-state index in [-0.39, 0.29) is 6.42 Å². The summed E-state index contributed by atoms with van der Waals surface area (Å²) in [6.45, 7) is 3.40. The predicted octanol–water partition coefficient (Wildman–Crippen LogP) is 0.570. The van der Waals surface area contributed by atoms with Gasteiger partial charge in [0.25, 0.3) is 0 Å². The minimum Gasteiger partial charge on any atom is -0.480 e. The summed E-state index contributed by atoms with van der Waals surface area (Å²) in [5.74, 6) is -0.974. The van der Waals surface area contributed by atoms with E-state index in [9.17, 15) is 4.79 Å². The van der Waals surface area contributed by atoms with E-state index < -0.39 is 11.5 Å². The monoisotopic (exact) mass is 229 g/mol. The summed E-state index contributed by atoms with van der Waals surface area (Å²) in [5.41, 5.74) is -1.11. The molecule has 6 heteroatoms. The predicted molar refractivity (Wildman–Crippen MR) is 60.3 cm³/mol. The molecule has 0 aromatic carbocycles. The van der Waals surface area contributed by atoms with Crippen molar-refractivity contribution < 1.29 is 9.90 Å². The lowest BCUT2D eigenvalue weighted by Gasteiger charge is -2.36. The highest BCUT2D eigenvalue weighted by atomic mass is 32.1. The van der Waals surface area contributed by atoms with Crippen LogP contribution in [0.15, 0.2) is 0 Å². The van der Waals surface area contributed by atoms with Crippen LogP contribution >= 0.6 is 12.2 Å². The minimum atomic E-state index is -1.11. The van der Waals surface area contributed by atoms with E-state index in [1.165, 1.54) is 4.90 Å². The van der Waals surface area contributed by atoms with Gasteiger partial charge >= 0.3 is 5.97 Å². The minimum absolute atomic E-state index is 0.235. The van der Waals surface area contributed by atoms with Gasteiger partial charge in [-0.15, -0.1) is 0 Å². The molecule has 0 fully saturated rings. The number of nitrogens with one attached hydrogen (secondary N) is 1. The Labute approximate surface area is 94.7 Å². The SMILES string of the molecule is CNC(=S)N(CCC#N)C(C)(C)C(=O)O. The zero-order chi connectivity index (χ0) is 12.1. The van der Waals surface area contributed by atoms with Gasteiger partial charge in [-0.05, 0) is 26.1 Å². The molecule has 0 saturated carbocycles. The van der Waals surface area contributed by atoms with Crippen LogP contribution < -0.4 is 5.32 Å².